The minimum Gasteiger partial charge on any atom is -0.477 e. The van der Waals surface area contributed by atoms with E-state index >= 15 is 0 Å². The van der Waals surface area contributed by atoms with Gasteiger partial charge in [0.1, 0.15) is 0 Å². The third-order valence-electron chi connectivity index (χ3n) is 4.66. The Morgan fingerprint density at radius 1 is 1.17 bits per heavy atom. The third kappa shape index (κ3) is 2.61. The van der Waals surface area contributed by atoms with Crippen LogP contribution >= 0.6 is 0 Å². The van der Waals surface area contributed by atoms with Gasteiger partial charge >= 0.3 is 0 Å². The summed E-state index contributed by atoms with van der Waals surface area (Å²) < 4.78 is 36.5. The number of piperidine rings is 1. The summed E-state index contributed by atoms with van der Waals surface area (Å²) >= 11 is 0. The van der Waals surface area contributed by atoms with Crippen LogP contribution in [0.2, 0.25) is 0 Å². The molecule has 0 spiro atoms. The molecule has 0 bridgehead atoms. The molecule has 0 atom stereocenters. The highest BCUT2D eigenvalue weighted by molar-refractivity contribution is 7.89. The molecule has 0 saturated carbocycles. The van der Waals surface area contributed by atoms with E-state index in [0.717, 1.165) is 24.8 Å². The molecule has 0 unspecified atom stereocenters. The van der Waals surface area contributed by atoms with E-state index in [9.17, 15) is 8.42 Å². The Kier molecular flexibility index (Phi) is 3.84. The molecule has 24 heavy (non-hydrogen) atoms. The first-order chi connectivity index (χ1) is 11.6. The fourth-order valence-corrected chi connectivity index (χ4v) is 4.88. The number of aromatic nitrogens is 4. The van der Waals surface area contributed by atoms with Gasteiger partial charge in [0.2, 0.25) is 15.9 Å². The lowest BCUT2D eigenvalue weighted by atomic mass is 10.1. The van der Waals surface area contributed by atoms with Crippen molar-refractivity contribution in [3.05, 3.63) is 24.2 Å². The highest BCUT2D eigenvalue weighted by Crippen LogP contribution is 2.32. The molecule has 0 radical (unpaired) electrons. The molecular formula is C15H21N5O3S. The zero-order valence-corrected chi connectivity index (χ0v) is 14.4. The summed E-state index contributed by atoms with van der Waals surface area (Å²) in [6.45, 7) is 4.21. The van der Waals surface area contributed by atoms with Crippen molar-refractivity contribution in [2.75, 3.05) is 19.7 Å². The third-order valence-corrected chi connectivity index (χ3v) is 6.54. The van der Waals surface area contributed by atoms with Gasteiger partial charge in [-0.2, -0.15) is 14.5 Å². The van der Waals surface area contributed by atoms with Crippen molar-refractivity contribution >= 4 is 10.0 Å². The van der Waals surface area contributed by atoms with Gasteiger partial charge in [-0.05, 0) is 25.3 Å². The number of ether oxygens (including phenoxy) is 1. The van der Waals surface area contributed by atoms with Crippen molar-refractivity contribution < 1.29 is 13.2 Å². The molecular weight excluding hydrogens is 330 g/mol. The van der Waals surface area contributed by atoms with Crippen molar-refractivity contribution in [1.29, 1.82) is 0 Å². The average molecular weight is 351 g/mol. The maximum atomic E-state index is 12.9. The van der Waals surface area contributed by atoms with Gasteiger partial charge in [0.05, 0.1) is 25.0 Å². The van der Waals surface area contributed by atoms with Crippen LogP contribution in [0.1, 0.15) is 30.9 Å². The van der Waals surface area contributed by atoms with E-state index in [0.29, 0.717) is 32.1 Å². The molecule has 0 aromatic carbocycles. The summed E-state index contributed by atoms with van der Waals surface area (Å²) in [5.74, 6) is 0.381. The number of aryl methyl sites for hydroxylation is 2. The smallest absolute Gasteiger partial charge is 0.250 e. The Hall–Kier alpha value is -1.87. The van der Waals surface area contributed by atoms with E-state index in [1.54, 1.807) is 4.68 Å². The Balaban J connectivity index is 1.51. The van der Waals surface area contributed by atoms with Gasteiger partial charge in [0.25, 0.3) is 0 Å². The van der Waals surface area contributed by atoms with Crippen molar-refractivity contribution in [1.82, 2.24) is 23.9 Å². The van der Waals surface area contributed by atoms with Gasteiger partial charge in [-0.25, -0.2) is 13.1 Å². The summed E-state index contributed by atoms with van der Waals surface area (Å²) in [4.78, 5) is 0.190. The van der Waals surface area contributed by atoms with Crippen LogP contribution in [-0.2, 0) is 16.6 Å². The number of hydrogen-bond donors (Lipinski definition) is 0. The summed E-state index contributed by atoms with van der Waals surface area (Å²) in [5.41, 5.74) is 1.12. The Labute approximate surface area is 141 Å². The maximum Gasteiger partial charge on any atom is 0.250 e. The molecule has 2 aromatic rings. The number of sulfonamides is 1. The minimum atomic E-state index is -3.57. The fourth-order valence-electron chi connectivity index (χ4n) is 3.34. The van der Waals surface area contributed by atoms with Crippen LogP contribution in [0.5, 0.6) is 5.88 Å². The standard InChI is InChI=1S/C15H21N5O3S/c1-12-9-16-20(11-12)13-3-6-18(7-4-13)24(21,22)14-10-17-19-5-2-8-23-15(14)19/h9-11,13H,2-8H2,1H3. The molecule has 1 saturated heterocycles. The minimum absolute atomic E-state index is 0.190. The molecule has 8 nitrogen and oxygen atoms in total. The normalized spacial score (nSPS) is 19.9. The van der Waals surface area contributed by atoms with Gasteiger partial charge in [0, 0.05) is 32.3 Å². The predicted octanol–water partition coefficient (Wildman–Crippen LogP) is 1.20. The Morgan fingerprint density at radius 2 is 1.96 bits per heavy atom. The van der Waals surface area contributed by atoms with E-state index in [1.807, 2.05) is 24.0 Å². The van der Waals surface area contributed by atoms with Gasteiger partial charge < -0.3 is 4.74 Å². The van der Waals surface area contributed by atoms with E-state index < -0.39 is 10.0 Å². The predicted molar refractivity (Wildman–Crippen MR) is 86.3 cm³/mol. The molecule has 2 aliphatic heterocycles. The molecule has 2 aromatic heterocycles. The molecule has 2 aliphatic rings. The first-order valence-corrected chi connectivity index (χ1v) is 9.69. The van der Waals surface area contributed by atoms with Crippen LogP contribution in [-0.4, -0.2) is 52.0 Å². The largest absolute Gasteiger partial charge is 0.477 e. The monoisotopic (exact) mass is 351 g/mol. The van der Waals surface area contributed by atoms with Gasteiger partial charge in [-0.3, -0.25) is 4.68 Å². The summed E-state index contributed by atoms with van der Waals surface area (Å²) in [7, 11) is -3.57. The topological polar surface area (TPSA) is 82.3 Å². The number of fused-ring (bicyclic) bond motifs is 1. The van der Waals surface area contributed by atoms with Crippen LogP contribution in [0.3, 0.4) is 0 Å². The highest BCUT2D eigenvalue weighted by Gasteiger charge is 2.35. The van der Waals surface area contributed by atoms with E-state index in [1.165, 1.54) is 10.5 Å². The Morgan fingerprint density at radius 3 is 2.67 bits per heavy atom. The van der Waals surface area contributed by atoms with Crippen molar-refractivity contribution in [3.63, 3.8) is 0 Å². The van der Waals surface area contributed by atoms with Gasteiger partial charge in [0.15, 0.2) is 4.90 Å². The van der Waals surface area contributed by atoms with Gasteiger partial charge in [-0.15, -0.1) is 0 Å². The van der Waals surface area contributed by atoms with E-state index in [-0.39, 0.29) is 10.9 Å². The van der Waals surface area contributed by atoms with Crippen molar-refractivity contribution in [3.8, 4) is 5.88 Å². The number of nitrogens with zero attached hydrogens (tertiary/aromatic N) is 5. The lowest BCUT2D eigenvalue weighted by Gasteiger charge is -2.31. The second-order valence-electron chi connectivity index (χ2n) is 6.37. The Bertz CT molecular complexity index is 833. The quantitative estimate of drug-likeness (QED) is 0.830. The number of rotatable bonds is 3. The summed E-state index contributed by atoms with van der Waals surface area (Å²) in [5, 5.41) is 8.50. The molecule has 9 heteroatoms. The molecule has 130 valence electrons. The summed E-state index contributed by atoms with van der Waals surface area (Å²) in [6.07, 6.45) is 7.62. The second-order valence-corrected chi connectivity index (χ2v) is 8.28. The highest BCUT2D eigenvalue weighted by atomic mass is 32.2. The first-order valence-electron chi connectivity index (χ1n) is 8.25. The molecule has 4 rings (SSSR count). The zero-order chi connectivity index (χ0) is 16.7. The van der Waals surface area contributed by atoms with E-state index in [2.05, 4.69) is 10.2 Å². The zero-order valence-electron chi connectivity index (χ0n) is 13.6. The van der Waals surface area contributed by atoms with Gasteiger partial charge in [-0.1, -0.05) is 0 Å². The fraction of sp³-hybridized carbons (Fsp3) is 0.600. The molecule has 0 aliphatic carbocycles. The van der Waals surface area contributed by atoms with Crippen LogP contribution in [0.25, 0.3) is 0 Å². The second kappa shape index (κ2) is 5.89. The number of hydrogen-bond acceptors (Lipinski definition) is 5. The molecule has 1 fully saturated rings. The van der Waals surface area contributed by atoms with Crippen molar-refractivity contribution in [2.24, 2.45) is 0 Å². The lowest BCUT2D eigenvalue weighted by molar-refractivity contribution is 0.222. The average Bonchev–Trinajstić information content (AvgIpc) is 3.21. The molecule has 0 N–H and O–H groups in total. The van der Waals surface area contributed by atoms with E-state index in [4.69, 9.17) is 4.74 Å². The molecule has 0 amide bonds. The van der Waals surface area contributed by atoms with Crippen LogP contribution in [0, 0.1) is 6.92 Å². The first kappa shape index (κ1) is 15.6. The lowest BCUT2D eigenvalue weighted by Crippen LogP contribution is -2.39. The molecule has 4 heterocycles. The van der Waals surface area contributed by atoms with Crippen LogP contribution < -0.4 is 4.74 Å². The SMILES string of the molecule is Cc1cnn(C2CCN(S(=O)(=O)c3cnn4c3OCCC4)CC2)c1. The van der Waals surface area contributed by atoms with Crippen molar-refractivity contribution in [2.45, 2.75) is 43.7 Å². The van der Waals surface area contributed by atoms with Crippen LogP contribution in [0.15, 0.2) is 23.5 Å². The summed E-state index contributed by atoms with van der Waals surface area (Å²) in [6, 6.07) is 0.252. The maximum absolute atomic E-state index is 12.9. The van der Waals surface area contributed by atoms with Crippen LogP contribution in [0.4, 0.5) is 0 Å².